The van der Waals surface area contributed by atoms with E-state index in [-0.39, 0.29) is 17.9 Å². The molecule has 5 rings (SSSR count). The number of nitrogens with zero attached hydrogens (tertiary/aromatic N) is 5. The van der Waals surface area contributed by atoms with Gasteiger partial charge >= 0.3 is 0 Å². The number of amides is 1. The summed E-state index contributed by atoms with van der Waals surface area (Å²) in [5.74, 6) is -0.512. The third-order valence-corrected chi connectivity index (χ3v) is 5.49. The zero-order valence-corrected chi connectivity index (χ0v) is 17.3. The molecule has 1 saturated carbocycles. The maximum atomic E-state index is 13.9. The Labute approximate surface area is 182 Å². The van der Waals surface area contributed by atoms with Crippen LogP contribution in [0.4, 0.5) is 4.39 Å². The van der Waals surface area contributed by atoms with Gasteiger partial charge in [-0.25, -0.2) is 9.07 Å². The van der Waals surface area contributed by atoms with E-state index in [2.05, 4.69) is 10.1 Å². The van der Waals surface area contributed by atoms with Crippen molar-refractivity contribution < 1.29 is 18.3 Å². The van der Waals surface area contributed by atoms with E-state index < -0.39 is 11.7 Å². The molecule has 4 heterocycles. The molecule has 4 aromatic heterocycles. The quantitative estimate of drug-likeness (QED) is 0.475. The van der Waals surface area contributed by atoms with Crippen molar-refractivity contribution in [1.82, 2.24) is 24.5 Å². The SMILES string of the molecule is CCOC1CC(n2cc(-n3cc(-c4ccc(C(N)=O)o4)cn3)c(-c3cc(F)ccn3)n2)C1. The Hall–Kier alpha value is -3.79. The van der Waals surface area contributed by atoms with Crippen molar-refractivity contribution >= 4 is 5.91 Å². The van der Waals surface area contributed by atoms with Crippen LogP contribution < -0.4 is 5.73 Å². The molecule has 1 fully saturated rings. The van der Waals surface area contributed by atoms with Gasteiger partial charge in [0.15, 0.2) is 5.76 Å². The molecule has 0 unspecified atom stereocenters. The number of furan rings is 1. The van der Waals surface area contributed by atoms with Crippen molar-refractivity contribution in [1.29, 1.82) is 0 Å². The van der Waals surface area contributed by atoms with E-state index in [0.717, 1.165) is 12.8 Å². The van der Waals surface area contributed by atoms with E-state index in [1.54, 1.807) is 23.1 Å². The van der Waals surface area contributed by atoms with Gasteiger partial charge in [-0.15, -0.1) is 0 Å². The molecule has 4 aromatic rings. The molecule has 0 aliphatic heterocycles. The van der Waals surface area contributed by atoms with Gasteiger partial charge in [0.1, 0.15) is 23.0 Å². The minimum atomic E-state index is -0.643. The van der Waals surface area contributed by atoms with E-state index in [9.17, 15) is 9.18 Å². The van der Waals surface area contributed by atoms with Gasteiger partial charge in [0.2, 0.25) is 0 Å². The minimum absolute atomic E-state index is 0.0686. The van der Waals surface area contributed by atoms with Crippen molar-refractivity contribution in [2.75, 3.05) is 6.61 Å². The van der Waals surface area contributed by atoms with Gasteiger partial charge in [-0.2, -0.15) is 10.2 Å². The lowest BCUT2D eigenvalue weighted by molar-refractivity contribution is -0.0226. The van der Waals surface area contributed by atoms with Gasteiger partial charge in [-0.3, -0.25) is 14.5 Å². The number of pyridine rings is 1. The zero-order valence-electron chi connectivity index (χ0n) is 17.3. The van der Waals surface area contributed by atoms with Gasteiger partial charge in [-0.1, -0.05) is 0 Å². The highest BCUT2D eigenvalue weighted by atomic mass is 19.1. The summed E-state index contributed by atoms with van der Waals surface area (Å²) in [7, 11) is 0. The standard InChI is InChI=1S/C22H21FN6O3/c1-2-31-16-8-15(9-16)28-12-18(21(27-28)17-7-14(23)5-6-25-17)29-11-13(10-26-29)19-3-4-20(32-19)22(24)30/h3-7,10-12,15-16H,2,8-9H2,1H3,(H2,24,30). The lowest BCUT2D eigenvalue weighted by atomic mass is 9.89. The Kier molecular flexibility index (Phi) is 5.06. The highest BCUT2D eigenvalue weighted by Gasteiger charge is 2.32. The topological polar surface area (TPSA) is 114 Å². The first-order chi connectivity index (χ1) is 15.5. The summed E-state index contributed by atoms with van der Waals surface area (Å²) in [4.78, 5) is 15.6. The summed E-state index contributed by atoms with van der Waals surface area (Å²) < 4.78 is 28.5. The lowest BCUT2D eigenvalue weighted by Crippen LogP contribution is -2.33. The van der Waals surface area contributed by atoms with Crippen molar-refractivity contribution in [3.63, 3.8) is 0 Å². The van der Waals surface area contributed by atoms with Crippen LogP contribution in [-0.4, -0.2) is 43.2 Å². The molecule has 0 bridgehead atoms. The summed E-state index contributed by atoms with van der Waals surface area (Å²) in [6, 6.07) is 5.99. The highest BCUT2D eigenvalue weighted by molar-refractivity contribution is 5.90. The van der Waals surface area contributed by atoms with Crippen LogP contribution in [-0.2, 0) is 4.74 Å². The van der Waals surface area contributed by atoms with Gasteiger partial charge in [-0.05, 0) is 38.0 Å². The van der Waals surface area contributed by atoms with Crippen LogP contribution in [0.25, 0.3) is 28.4 Å². The number of nitrogens with two attached hydrogens (primary N) is 1. The number of halogens is 1. The Morgan fingerprint density at radius 3 is 2.88 bits per heavy atom. The van der Waals surface area contributed by atoms with Crippen molar-refractivity contribution in [3.05, 3.63) is 60.6 Å². The molecule has 0 spiro atoms. The average Bonchev–Trinajstić information content (AvgIpc) is 3.49. The molecular weight excluding hydrogens is 415 g/mol. The molecule has 164 valence electrons. The van der Waals surface area contributed by atoms with Crippen molar-refractivity contribution in [2.24, 2.45) is 5.73 Å². The summed E-state index contributed by atoms with van der Waals surface area (Å²) >= 11 is 0. The molecule has 0 radical (unpaired) electrons. The lowest BCUT2D eigenvalue weighted by Gasteiger charge is -2.34. The van der Waals surface area contributed by atoms with Gasteiger partial charge in [0, 0.05) is 25.1 Å². The average molecular weight is 436 g/mol. The summed E-state index contributed by atoms with van der Waals surface area (Å²) in [5, 5.41) is 9.14. The molecule has 10 heteroatoms. The molecule has 1 amide bonds. The number of hydrogen-bond acceptors (Lipinski definition) is 6. The molecule has 1 aliphatic carbocycles. The van der Waals surface area contributed by atoms with Crippen molar-refractivity contribution in [3.8, 4) is 28.4 Å². The third-order valence-electron chi connectivity index (χ3n) is 5.49. The molecular formula is C22H21FN6O3. The van der Waals surface area contributed by atoms with Crippen molar-refractivity contribution in [2.45, 2.75) is 31.9 Å². The maximum Gasteiger partial charge on any atom is 0.284 e. The first-order valence-corrected chi connectivity index (χ1v) is 10.3. The Bertz CT molecular complexity index is 1270. The maximum absolute atomic E-state index is 13.9. The Balaban J connectivity index is 1.51. The number of aromatic nitrogens is 5. The molecule has 0 saturated heterocycles. The molecule has 32 heavy (non-hydrogen) atoms. The molecule has 2 N–H and O–H groups in total. The second-order valence-corrected chi connectivity index (χ2v) is 7.61. The Morgan fingerprint density at radius 1 is 1.31 bits per heavy atom. The fourth-order valence-electron chi connectivity index (χ4n) is 3.79. The number of carbonyl (C=O) groups excluding carboxylic acids is 1. The van der Waals surface area contributed by atoms with Crippen LogP contribution in [0.2, 0.25) is 0 Å². The normalized spacial score (nSPS) is 17.9. The zero-order chi connectivity index (χ0) is 22.2. The minimum Gasteiger partial charge on any atom is -0.451 e. The fraction of sp³-hybridized carbons (Fsp3) is 0.273. The van der Waals surface area contributed by atoms with E-state index in [1.807, 2.05) is 17.8 Å². The monoisotopic (exact) mass is 436 g/mol. The van der Waals surface area contributed by atoms with Crippen LogP contribution in [0.1, 0.15) is 36.4 Å². The predicted octanol–water partition coefficient (Wildman–Crippen LogP) is 3.37. The highest BCUT2D eigenvalue weighted by Crippen LogP contribution is 2.36. The van der Waals surface area contributed by atoms with Gasteiger partial charge < -0.3 is 14.9 Å². The smallest absolute Gasteiger partial charge is 0.284 e. The summed E-state index contributed by atoms with van der Waals surface area (Å²) in [6.45, 7) is 2.66. The molecule has 1 aliphatic rings. The largest absolute Gasteiger partial charge is 0.451 e. The van der Waals surface area contributed by atoms with E-state index in [1.165, 1.54) is 24.4 Å². The number of primary amides is 1. The number of carbonyl (C=O) groups is 1. The van der Waals surface area contributed by atoms with E-state index >= 15 is 0 Å². The second-order valence-electron chi connectivity index (χ2n) is 7.61. The first-order valence-electron chi connectivity index (χ1n) is 10.3. The third kappa shape index (κ3) is 3.69. The predicted molar refractivity (Wildman–Crippen MR) is 112 cm³/mol. The second kappa shape index (κ2) is 8.04. The van der Waals surface area contributed by atoms with Crippen LogP contribution in [0.15, 0.2) is 53.5 Å². The fourth-order valence-corrected chi connectivity index (χ4v) is 3.79. The molecule has 0 aromatic carbocycles. The summed E-state index contributed by atoms with van der Waals surface area (Å²) in [5.41, 5.74) is 7.49. The van der Waals surface area contributed by atoms with Crippen LogP contribution in [0.3, 0.4) is 0 Å². The van der Waals surface area contributed by atoms with Crippen LogP contribution >= 0.6 is 0 Å². The van der Waals surface area contributed by atoms with E-state index in [0.29, 0.717) is 35.0 Å². The van der Waals surface area contributed by atoms with Gasteiger partial charge in [0.25, 0.3) is 5.91 Å². The van der Waals surface area contributed by atoms with Gasteiger partial charge in [0.05, 0.1) is 35.8 Å². The molecule has 0 atom stereocenters. The van der Waals surface area contributed by atoms with Crippen LogP contribution in [0, 0.1) is 5.82 Å². The van der Waals surface area contributed by atoms with Crippen LogP contribution in [0.5, 0.6) is 0 Å². The number of ether oxygens (including phenoxy) is 1. The first kappa shape index (κ1) is 20.1. The summed E-state index contributed by atoms with van der Waals surface area (Å²) in [6.07, 6.45) is 8.58. The molecule has 9 nitrogen and oxygen atoms in total. The van der Waals surface area contributed by atoms with E-state index in [4.69, 9.17) is 20.0 Å². The number of hydrogen-bond donors (Lipinski definition) is 1. The Morgan fingerprint density at radius 2 is 2.16 bits per heavy atom. The number of rotatable bonds is 7.